The average Bonchev–Trinajstić information content (AvgIpc) is 2.36. The Balaban J connectivity index is 2.33. The van der Waals surface area contributed by atoms with Crippen LogP contribution < -0.4 is 10.9 Å². The normalized spacial score (nSPS) is 10.3. The number of carbonyl (C=O) groups is 1. The van der Waals surface area contributed by atoms with Crippen LogP contribution in [0.1, 0.15) is 10.4 Å². The molecule has 19 heavy (non-hydrogen) atoms. The van der Waals surface area contributed by atoms with Gasteiger partial charge in [0.2, 0.25) is 0 Å². The Kier molecular flexibility index (Phi) is 4.38. The molecule has 0 aliphatic heterocycles. The Morgan fingerprint density at radius 2 is 2.05 bits per heavy atom. The molecule has 98 valence electrons. The van der Waals surface area contributed by atoms with Crippen molar-refractivity contribution in [1.82, 2.24) is 9.97 Å². The molecule has 2 aromatic rings. The number of nitrogens with one attached hydrogen (secondary N) is 2. The molecule has 5 nitrogen and oxygen atoms in total. The van der Waals surface area contributed by atoms with E-state index in [-0.39, 0.29) is 16.4 Å². The summed E-state index contributed by atoms with van der Waals surface area (Å²) in [5, 5.41) is 2.54. The maximum atomic E-state index is 12.0. The summed E-state index contributed by atoms with van der Waals surface area (Å²) in [5.74, 6) is -0.512. The predicted molar refractivity (Wildman–Crippen MR) is 79.7 cm³/mol. The smallest absolute Gasteiger partial charge is 0.271 e. The van der Waals surface area contributed by atoms with Crippen molar-refractivity contribution in [3.05, 3.63) is 54.5 Å². The number of pyridine rings is 2. The molecule has 0 atom stereocenters. The number of nitrogens with zero attached hydrogens (tertiary/aromatic N) is 1. The lowest BCUT2D eigenvalue weighted by Gasteiger charge is -2.06. The number of H-pyrrole nitrogens is 1. The highest BCUT2D eigenvalue weighted by atomic mass is 79.9. The Hall–Kier alpha value is -1.18. The number of aromatic amines is 1. The van der Waals surface area contributed by atoms with Crippen molar-refractivity contribution in [3.8, 4) is 0 Å². The maximum Gasteiger partial charge on any atom is 0.271 e. The molecule has 0 saturated heterocycles. The SMILES string of the molecule is O=C(Nc1cc(Br)c[nH]c1=O)c1cc(Br)cnc1Cl. The van der Waals surface area contributed by atoms with Gasteiger partial charge in [-0.1, -0.05) is 11.6 Å². The largest absolute Gasteiger partial charge is 0.326 e. The van der Waals surface area contributed by atoms with Gasteiger partial charge in [-0.2, -0.15) is 0 Å². The molecule has 1 amide bonds. The Morgan fingerprint density at radius 1 is 1.32 bits per heavy atom. The molecule has 0 bridgehead atoms. The van der Waals surface area contributed by atoms with Gasteiger partial charge in [0, 0.05) is 21.3 Å². The third kappa shape index (κ3) is 3.43. The monoisotopic (exact) mass is 405 g/mol. The lowest BCUT2D eigenvalue weighted by Crippen LogP contribution is -2.20. The molecule has 2 rings (SSSR count). The zero-order valence-corrected chi connectivity index (χ0v) is 13.1. The third-order valence-electron chi connectivity index (χ3n) is 2.17. The molecule has 0 saturated carbocycles. The van der Waals surface area contributed by atoms with E-state index in [2.05, 4.69) is 47.1 Å². The summed E-state index contributed by atoms with van der Waals surface area (Å²) >= 11 is 12.2. The van der Waals surface area contributed by atoms with E-state index in [1.165, 1.54) is 24.5 Å². The van der Waals surface area contributed by atoms with Gasteiger partial charge in [-0.05, 0) is 44.0 Å². The van der Waals surface area contributed by atoms with Crippen LogP contribution in [0.4, 0.5) is 5.69 Å². The van der Waals surface area contributed by atoms with Crippen molar-refractivity contribution in [2.45, 2.75) is 0 Å². The zero-order valence-electron chi connectivity index (χ0n) is 9.21. The Labute approximate surface area is 129 Å². The Morgan fingerprint density at radius 3 is 2.79 bits per heavy atom. The van der Waals surface area contributed by atoms with Crippen molar-refractivity contribution in [2.24, 2.45) is 0 Å². The summed E-state index contributed by atoms with van der Waals surface area (Å²) in [6.45, 7) is 0. The first-order chi connectivity index (χ1) is 8.97. The molecule has 0 aliphatic rings. The molecule has 0 fully saturated rings. The highest BCUT2D eigenvalue weighted by Gasteiger charge is 2.14. The van der Waals surface area contributed by atoms with Gasteiger partial charge in [-0.25, -0.2) is 4.98 Å². The van der Waals surface area contributed by atoms with E-state index in [1.807, 2.05) is 0 Å². The lowest BCUT2D eigenvalue weighted by atomic mass is 10.2. The first-order valence-corrected chi connectivity index (χ1v) is 6.94. The summed E-state index contributed by atoms with van der Waals surface area (Å²) < 4.78 is 1.26. The van der Waals surface area contributed by atoms with Gasteiger partial charge in [0.15, 0.2) is 0 Å². The number of rotatable bonds is 2. The van der Waals surface area contributed by atoms with Crippen LogP contribution in [0.25, 0.3) is 0 Å². The number of anilines is 1. The molecule has 0 radical (unpaired) electrons. The predicted octanol–water partition coefficient (Wildman–Crippen LogP) is 3.20. The van der Waals surface area contributed by atoms with Gasteiger partial charge >= 0.3 is 0 Å². The third-order valence-corrected chi connectivity index (χ3v) is 3.36. The number of hydrogen-bond acceptors (Lipinski definition) is 3. The average molecular weight is 407 g/mol. The second kappa shape index (κ2) is 5.85. The summed E-state index contributed by atoms with van der Waals surface area (Å²) in [7, 11) is 0. The van der Waals surface area contributed by atoms with Crippen LogP contribution in [0.15, 0.2) is 38.3 Å². The zero-order chi connectivity index (χ0) is 14.0. The topological polar surface area (TPSA) is 74.8 Å². The minimum atomic E-state index is -0.512. The fraction of sp³-hybridized carbons (Fsp3) is 0. The standard InChI is InChI=1S/C11H6Br2ClN3O2/c12-5-1-7(9(14)15-3-5)10(18)17-8-2-6(13)4-16-11(8)19/h1-4H,(H,16,19)(H,17,18). The molecule has 2 aromatic heterocycles. The number of carbonyl (C=O) groups excluding carboxylic acids is 1. The van der Waals surface area contributed by atoms with Gasteiger partial charge in [0.05, 0.1) is 5.56 Å². The summed E-state index contributed by atoms with van der Waals surface area (Å²) in [6, 6.07) is 3.02. The molecule has 0 unspecified atom stereocenters. The number of halogens is 3. The van der Waals surface area contributed by atoms with E-state index >= 15 is 0 Å². The van der Waals surface area contributed by atoms with Crippen LogP contribution in [0.3, 0.4) is 0 Å². The number of aromatic nitrogens is 2. The van der Waals surface area contributed by atoms with Crippen LogP contribution in [-0.2, 0) is 0 Å². The molecule has 2 heterocycles. The van der Waals surface area contributed by atoms with Crippen LogP contribution in [0, 0.1) is 0 Å². The first-order valence-electron chi connectivity index (χ1n) is 4.98. The van der Waals surface area contributed by atoms with E-state index in [0.29, 0.717) is 8.95 Å². The highest BCUT2D eigenvalue weighted by Crippen LogP contribution is 2.19. The second-order valence-corrected chi connectivity index (χ2v) is 5.70. The first kappa shape index (κ1) is 14.2. The fourth-order valence-corrected chi connectivity index (χ4v) is 2.19. The minimum Gasteiger partial charge on any atom is -0.326 e. The molecule has 0 aromatic carbocycles. The lowest BCUT2D eigenvalue weighted by molar-refractivity contribution is 0.102. The van der Waals surface area contributed by atoms with Gasteiger partial charge < -0.3 is 10.3 Å². The van der Waals surface area contributed by atoms with Crippen LogP contribution in [-0.4, -0.2) is 15.9 Å². The Bertz CT molecular complexity index is 703. The van der Waals surface area contributed by atoms with E-state index < -0.39 is 11.5 Å². The van der Waals surface area contributed by atoms with Gasteiger partial charge in [0.1, 0.15) is 10.8 Å². The second-order valence-electron chi connectivity index (χ2n) is 3.51. The minimum absolute atomic E-state index is 0.0622. The number of amides is 1. The summed E-state index contributed by atoms with van der Waals surface area (Å²) in [5.41, 5.74) is -0.110. The molecule has 0 aliphatic carbocycles. The number of hydrogen-bond donors (Lipinski definition) is 2. The van der Waals surface area contributed by atoms with E-state index in [0.717, 1.165) is 0 Å². The summed E-state index contributed by atoms with van der Waals surface area (Å²) in [6.07, 6.45) is 2.96. The van der Waals surface area contributed by atoms with Gasteiger partial charge in [-0.3, -0.25) is 9.59 Å². The molecular formula is C11H6Br2ClN3O2. The van der Waals surface area contributed by atoms with Crippen molar-refractivity contribution < 1.29 is 4.79 Å². The van der Waals surface area contributed by atoms with Crippen molar-refractivity contribution in [2.75, 3.05) is 5.32 Å². The van der Waals surface area contributed by atoms with Crippen LogP contribution in [0.2, 0.25) is 5.15 Å². The summed E-state index contributed by atoms with van der Waals surface area (Å²) in [4.78, 5) is 29.9. The van der Waals surface area contributed by atoms with Crippen molar-refractivity contribution in [3.63, 3.8) is 0 Å². The highest BCUT2D eigenvalue weighted by molar-refractivity contribution is 9.10. The van der Waals surface area contributed by atoms with E-state index in [1.54, 1.807) is 0 Å². The van der Waals surface area contributed by atoms with Crippen molar-refractivity contribution >= 4 is 55.1 Å². The van der Waals surface area contributed by atoms with Gasteiger partial charge in [-0.15, -0.1) is 0 Å². The van der Waals surface area contributed by atoms with E-state index in [9.17, 15) is 9.59 Å². The van der Waals surface area contributed by atoms with E-state index in [4.69, 9.17) is 11.6 Å². The molecule has 8 heteroatoms. The van der Waals surface area contributed by atoms with Crippen LogP contribution in [0.5, 0.6) is 0 Å². The van der Waals surface area contributed by atoms with Crippen LogP contribution >= 0.6 is 43.5 Å². The molecular weight excluding hydrogens is 401 g/mol. The maximum absolute atomic E-state index is 12.0. The fourth-order valence-electron chi connectivity index (χ4n) is 1.32. The van der Waals surface area contributed by atoms with Gasteiger partial charge in [0.25, 0.3) is 11.5 Å². The van der Waals surface area contributed by atoms with Crippen molar-refractivity contribution in [1.29, 1.82) is 0 Å². The molecule has 0 spiro atoms. The quantitative estimate of drug-likeness (QED) is 0.751. The molecule has 2 N–H and O–H groups in total.